The molecule has 182 valence electrons. The lowest BCUT2D eigenvalue weighted by atomic mass is 9.83. The number of ether oxygens (including phenoxy) is 2. The lowest BCUT2D eigenvalue weighted by Gasteiger charge is -2.52. The smallest absolute Gasteiger partial charge is 0.306 e. The van der Waals surface area contributed by atoms with Gasteiger partial charge >= 0.3 is 5.97 Å². The van der Waals surface area contributed by atoms with Crippen molar-refractivity contribution >= 4 is 45.6 Å². The first-order valence-electron chi connectivity index (χ1n) is 11.6. The molecule has 0 aliphatic carbocycles. The number of piperidine rings is 3. The fourth-order valence-electron chi connectivity index (χ4n) is 5.28. The molecule has 3 aliphatic rings. The van der Waals surface area contributed by atoms with E-state index in [2.05, 4.69) is 0 Å². The molecule has 0 amide bonds. The molecule has 3 aliphatic heterocycles. The standard InChI is InChI=1S/C26H29NO4S2.BrH/c28-25(26(29,23-9-4-17-32-23)24-10-5-18-33-24)31-22-19-27(14-11-20(22)12-15-27)13-6-16-30-21-7-2-1-3-8-21;/h1-5,7-10,17-18,20,22H,6,11-16,19H2;1H/t20?,22-,27?;/m0./s1. The first-order valence-corrected chi connectivity index (χ1v) is 13.4. The van der Waals surface area contributed by atoms with Gasteiger partial charge in [-0.2, -0.15) is 0 Å². The largest absolute Gasteiger partial charge is 0.833 e. The van der Waals surface area contributed by atoms with E-state index in [1.807, 2.05) is 53.2 Å². The Kier molecular flexibility index (Phi) is 8.15. The quantitative estimate of drug-likeness (QED) is 0.216. The van der Waals surface area contributed by atoms with E-state index in [1.165, 1.54) is 22.7 Å². The summed E-state index contributed by atoms with van der Waals surface area (Å²) in [4.78, 5) is 14.4. The van der Waals surface area contributed by atoms with Crippen LogP contribution in [-0.4, -0.2) is 49.3 Å². The minimum absolute atomic E-state index is 0. The molecule has 0 radical (unpaired) electrons. The Morgan fingerprint density at radius 2 is 1.65 bits per heavy atom. The van der Waals surface area contributed by atoms with Crippen LogP contribution in [0.3, 0.4) is 0 Å². The zero-order chi connectivity index (χ0) is 22.7. The predicted molar refractivity (Wildman–Crippen MR) is 139 cm³/mol. The molecule has 1 aromatic carbocycles. The Balaban J connectivity index is 0.00000274. The molecule has 2 aromatic heterocycles. The lowest BCUT2D eigenvalue weighted by molar-refractivity contribution is -0.946. The van der Waals surface area contributed by atoms with E-state index in [4.69, 9.17) is 9.47 Å². The number of esters is 1. The minimum Gasteiger partial charge on any atom is -0.833 e. The monoisotopic (exact) mass is 563 g/mol. The maximum atomic E-state index is 14.0. The number of thiophene rings is 2. The van der Waals surface area contributed by atoms with Gasteiger partial charge in [-0.15, -0.1) is 39.7 Å². The molecule has 34 heavy (non-hydrogen) atoms. The van der Waals surface area contributed by atoms with E-state index in [0.29, 0.717) is 22.3 Å². The number of carbonyl (C=O) groups excluding carboxylic acids is 1. The van der Waals surface area contributed by atoms with Gasteiger partial charge in [0, 0.05) is 34.9 Å². The van der Waals surface area contributed by atoms with E-state index in [0.717, 1.165) is 55.7 Å². The van der Waals surface area contributed by atoms with Crippen molar-refractivity contribution in [1.82, 2.24) is 0 Å². The van der Waals surface area contributed by atoms with Crippen molar-refractivity contribution in [2.24, 2.45) is 5.92 Å². The first-order chi connectivity index (χ1) is 16.1. The van der Waals surface area contributed by atoms with Crippen LogP contribution in [0.2, 0.25) is 0 Å². The highest BCUT2D eigenvalue weighted by Crippen LogP contribution is 2.39. The van der Waals surface area contributed by atoms with Gasteiger partial charge in [-0.05, 0) is 35.0 Å². The Hall–Kier alpha value is -1.71. The average molecular weight is 565 g/mol. The average Bonchev–Trinajstić information content (AvgIpc) is 3.58. The summed E-state index contributed by atoms with van der Waals surface area (Å²) in [5.74, 6) is 0.595. The number of fused-ring (bicyclic) bond motifs is 3. The number of benzene rings is 1. The van der Waals surface area contributed by atoms with Crippen LogP contribution in [0.25, 0.3) is 0 Å². The molecule has 0 spiro atoms. The molecule has 5 nitrogen and oxygen atoms in total. The van der Waals surface area contributed by atoms with Gasteiger partial charge in [0.25, 0.3) is 0 Å². The Bertz CT molecular complexity index is 1000. The SMILES string of the molecule is Br.O=C(O[C@H]1C[N+]2(CCCOc3ccccc3)CCC1CC2)C([O-])(c1cccs1)c1cccs1. The highest BCUT2D eigenvalue weighted by molar-refractivity contribution is 8.93. The third-order valence-electron chi connectivity index (χ3n) is 7.11. The molecule has 2 bridgehead atoms. The number of halogens is 1. The molecule has 0 unspecified atom stereocenters. The second kappa shape index (κ2) is 10.9. The zero-order valence-corrected chi connectivity index (χ0v) is 22.3. The van der Waals surface area contributed by atoms with E-state index < -0.39 is 11.6 Å². The number of quaternary nitrogens is 1. The summed E-state index contributed by atoms with van der Waals surface area (Å²) in [6, 6.07) is 17.0. The second-order valence-corrected chi connectivity index (χ2v) is 11.0. The molecule has 3 fully saturated rings. The fourth-order valence-corrected chi connectivity index (χ4v) is 6.98. The summed E-state index contributed by atoms with van der Waals surface area (Å²) in [6.45, 7) is 4.71. The van der Waals surface area contributed by atoms with E-state index in [9.17, 15) is 9.90 Å². The molecular weight excluding hydrogens is 534 g/mol. The van der Waals surface area contributed by atoms with Gasteiger partial charge in [0.2, 0.25) is 0 Å². The second-order valence-electron chi connectivity index (χ2n) is 9.13. The normalized spacial score (nSPS) is 23.8. The third kappa shape index (κ3) is 5.11. The molecular formula is C26H30BrNO4S2. The number of carbonyl (C=O) groups is 1. The van der Waals surface area contributed by atoms with Crippen LogP contribution < -0.4 is 9.84 Å². The van der Waals surface area contributed by atoms with Crippen molar-refractivity contribution < 1.29 is 23.9 Å². The number of hydrogen-bond donors (Lipinski definition) is 0. The maximum Gasteiger partial charge on any atom is 0.306 e. The summed E-state index contributed by atoms with van der Waals surface area (Å²) in [5, 5.41) is 17.6. The molecule has 6 rings (SSSR count). The highest BCUT2D eigenvalue weighted by Gasteiger charge is 2.48. The van der Waals surface area contributed by atoms with Gasteiger partial charge in [0.1, 0.15) is 12.3 Å². The Morgan fingerprint density at radius 3 is 2.24 bits per heavy atom. The van der Waals surface area contributed by atoms with Gasteiger partial charge in [-0.1, -0.05) is 30.3 Å². The minimum atomic E-state index is -1.98. The van der Waals surface area contributed by atoms with Crippen molar-refractivity contribution in [3.63, 3.8) is 0 Å². The topological polar surface area (TPSA) is 58.6 Å². The predicted octanol–water partition coefficient (Wildman–Crippen LogP) is 4.61. The molecule has 0 N–H and O–H groups in total. The molecule has 3 aromatic rings. The highest BCUT2D eigenvalue weighted by atomic mass is 79.9. The van der Waals surface area contributed by atoms with Crippen LogP contribution in [-0.2, 0) is 15.1 Å². The van der Waals surface area contributed by atoms with E-state index in [-0.39, 0.29) is 23.1 Å². The molecule has 0 saturated carbocycles. The van der Waals surface area contributed by atoms with E-state index in [1.54, 1.807) is 12.1 Å². The van der Waals surface area contributed by atoms with Crippen molar-refractivity contribution in [3.8, 4) is 5.75 Å². The van der Waals surface area contributed by atoms with Crippen molar-refractivity contribution in [2.75, 3.05) is 32.8 Å². The lowest BCUT2D eigenvalue weighted by Crippen LogP contribution is -2.65. The summed E-state index contributed by atoms with van der Waals surface area (Å²) in [5.41, 5.74) is -1.98. The van der Waals surface area contributed by atoms with Crippen LogP contribution >= 0.6 is 39.7 Å². The van der Waals surface area contributed by atoms with Crippen molar-refractivity contribution in [2.45, 2.75) is 31.0 Å². The third-order valence-corrected chi connectivity index (χ3v) is 9.05. The van der Waals surface area contributed by atoms with Gasteiger partial charge in [0.15, 0.2) is 6.10 Å². The van der Waals surface area contributed by atoms with Gasteiger partial charge < -0.3 is 19.1 Å². The van der Waals surface area contributed by atoms with Gasteiger partial charge in [0.05, 0.1) is 31.8 Å². The zero-order valence-electron chi connectivity index (χ0n) is 19.0. The molecule has 5 heterocycles. The summed E-state index contributed by atoms with van der Waals surface area (Å²) in [6.07, 6.45) is 2.85. The van der Waals surface area contributed by atoms with Crippen LogP contribution in [0.15, 0.2) is 65.4 Å². The maximum absolute atomic E-state index is 14.0. The first kappa shape index (κ1) is 25.4. The van der Waals surface area contributed by atoms with Crippen molar-refractivity contribution in [1.29, 1.82) is 0 Å². The number of hydrogen-bond acceptors (Lipinski definition) is 6. The molecule has 8 heteroatoms. The Labute approximate surface area is 219 Å². The van der Waals surface area contributed by atoms with Crippen molar-refractivity contribution in [3.05, 3.63) is 75.1 Å². The summed E-state index contributed by atoms with van der Waals surface area (Å²) < 4.78 is 12.9. The number of rotatable bonds is 9. The van der Waals surface area contributed by atoms with Crippen LogP contribution in [0.4, 0.5) is 0 Å². The van der Waals surface area contributed by atoms with Crippen LogP contribution in [0.5, 0.6) is 5.75 Å². The molecule has 3 saturated heterocycles. The number of nitrogens with zero attached hydrogens (tertiary/aromatic N) is 1. The van der Waals surface area contributed by atoms with Crippen LogP contribution in [0.1, 0.15) is 29.0 Å². The Morgan fingerprint density at radius 1 is 1.00 bits per heavy atom. The van der Waals surface area contributed by atoms with E-state index >= 15 is 0 Å². The van der Waals surface area contributed by atoms with Gasteiger partial charge in [-0.3, -0.25) is 4.79 Å². The number of para-hydroxylation sites is 1. The molecule has 1 atom stereocenters. The summed E-state index contributed by atoms with van der Waals surface area (Å²) >= 11 is 2.64. The van der Waals surface area contributed by atoms with Gasteiger partial charge in [-0.25, -0.2) is 0 Å². The van der Waals surface area contributed by atoms with Crippen LogP contribution in [0, 0.1) is 5.92 Å². The summed E-state index contributed by atoms with van der Waals surface area (Å²) in [7, 11) is 0. The fraction of sp³-hybridized carbons (Fsp3) is 0.423.